The van der Waals surface area contributed by atoms with Crippen LogP contribution in [0, 0.1) is 11.3 Å². The van der Waals surface area contributed by atoms with Crippen LogP contribution in [0.25, 0.3) is 0 Å². The third kappa shape index (κ3) is 1.96. The maximum absolute atomic E-state index is 9.85. The molecule has 0 bridgehead atoms. The second kappa shape index (κ2) is 4.98. The molecule has 1 aromatic carbocycles. The first-order valence-electron chi connectivity index (χ1n) is 6.81. The van der Waals surface area contributed by atoms with Crippen molar-refractivity contribution in [1.82, 2.24) is 4.90 Å². The predicted molar refractivity (Wildman–Crippen MR) is 77.3 cm³/mol. The van der Waals surface area contributed by atoms with E-state index in [9.17, 15) is 5.26 Å². The van der Waals surface area contributed by atoms with Crippen LogP contribution in [0.2, 0.25) is 10.0 Å². The van der Waals surface area contributed by atoms with Crippen LogP contribution >= 0.6 is 23.2 Å². The van der Waals surface area contributed by atoms with Gasteiger partial charge in [-0.25, -0.2) is 0 Å². The van der Waals surface area contributed by atoms with Crippen LogP contribution in [0.5, 0.6) is 0 Å². The van der Waals surface area contributed by atoms with E-state index in [0.29, 0.717) is 16.1 Å². The normalized spacial score (nSPS) is 30.9. The van der Waals surface area contributed by atoms with Gasteiger partial charge >= 0.3 is 0 Å². The highest BCUT2D eigenvalue weighted by atomic mass is 35.5. The topological polar surface area (TPSA) is 27.0 Å². The molecule has 2 unspecified atom stereocenters. The van der Waals surface area contributed by atoms with Crippen molar-refractivity contribution in [3.05, 3.63) is 33.8 Å². The van der Waals surface area contributed by atoms with Crippen molar-refractivity contribution in [3.8, 4) is 6.07 Å². The lowest BCUT2D eigenvalue weighted by Gasteiger charge is -2.39. The van der Waals surface area contributed by atoms with Crippen LogP contribution in [0.1, 0.15) is 37.7 Å². The summed E-state index contributed by atoms with van der Waals surface area (Å²) in [5.41, 5.74) is 0.186. The van der Waals surface area contributed by atoms with Crippen LogP contribution in [0.4, 0.5) is 0 Å². The lowest BCUT2D eigenvalue weighted by atomic mass is 9.88. The van der Waals surface area contributed by atoms with E-state index in [1.807, 2.05) is 18.2 Å². The molecule has 0 aromatic heterocycles. The number of piperidine rings is 1. The van der Waals surface area contributed by atoms with Crippen molar-refractivity contribution >= 4 is 23.2 Å². The molecule has 2 heterocycles. The molecule has 2 aliphatic rings. The van der Waals surface area contributed by atoms with Gasteiger partial charge in [0, 0.05) is 28.2 Å². The Morgan fingerprint density at radius 1 is 1.21 bits per heavy atom. The van der Waals surface area contributed by atoms with E-state index in [1.54, 1.807) is 0 Å². The first-order valence-corrected chi connectivity index (χ1v) is 7.57. The van der Waals surface area contributed by atoms with Crippen LogP contribution < -0.4 is 0 Å². The van der Waals surface area contributed by atoms with E-state index in [2.05, 4.69) is 11.0 Å². The minimum absolute atomic E-state index is 0.515. The quantitative estimate of drug-likeness (QED) is 0.769. The smallest absolute Gasteiger partial charge is 0.137 e. The zero-order chi connectivity index (χ0) is 13.5. The Balaban J connectivity index is 2.12. The van der Waals surface area contributed by atoms with E-state index in [0.717, 1.165) is 31.4 Å². The van der Waals surface area contributed by atoms with E-state index in [-0.39, 0.29) is 0 Å². The summed E-state index contributed by atoms with van der Waals surface area (Å²) < 4.78 is 0. The molecule has 19 heavy (non-hydrogen) atoms. The van der Waals surface area contributed by atoms with Crippen molar-refractivity contribution in [3.63, 3.8) is 0 Å². The third-order valence-electron chi connectivity index (χ3n) is 4.52. The van der Waals surface area contributed by atoms with Gasteiger partial charge < -0.3 is 0 Å². The third-order valence-corrected chi connectivity index (χ3v) is 5.15. The number of fused-ring (bicyclic) bond motifs is 1. The maximum atomic E-state index is 9.85. The Morgan fingerprint density at radius 3 is 2.63 bits per heavy atom. The van der Waals surface area contributed by atoms with E-state index in [4.69, 9.17) is 23.2 Å². The molecule has 1 aromatic rings. The molecular weight excluding hydrogens is 279 g/mol. The Hall–Kier alpha value is -0.750. The number of rotatable bonds is 1. The van der Waals surface area contributed by atoms with Gasteiger partial charge in [0.15, 0.2) is 0 Å². The maximum Gasteiger partial charge on any atom is 0.137 e. The Morgan fingerprint density at radius 2 is 1.95 bits per heavy atom. The molecule has 3 rings (SSSR count). The molecule has 0 N–H and O–H groups in total. The second-order valence-electron chi connectivity index (χ2n) is 5.45. The molecule has 0 amide bonds. The fraction of sp³-hybridized carbons (Fsp3) is 0.533. The summed E-state index contributed by atoms with van der Waals surface area (Å²) >= 11 is 12.7. The summed E-state index contributed by atoms with van der Waals surface area (Å²) in [6.45, 7) is 0.972. The van der Waals surface area contributed by atoms with Crippen LogP contribution in [0.15, 0.2) is 18.2 Å². The van der Waals surface area contributed by atoms with Gasteiger partial charge in [0.05, 0.1) is 6.07 Å². The van der Waals surface area contributed by atoms with Gasteiger partial charge in [0.25, 0.3) is 0 Å². The van der Waals surface area contributed by atoms with Gasteiger partial charge in [0.2, 0.25) is 0 Å². The van der Waals surface area contributed by atoms with E-state index in [1.165, 1.54) is 12.8 Å². The van der Waals surface area contributed by atoms with Crippen molar-refractivity contribution < 1.29 is 0 Å². The zero-order valence-electron chi connectivity index (χ0n) is 10.7. The molecule has 2 nitrogen and oxygen atoms in total. The van der Waals surface area contributed by atoms with Crippen LogP contribution in [-0.4, -0.2) is 17.5 Å². The van der Waals surface area contributed by atoms with Crippen molar-refractivity contribution in [1.29, 1.82) is 5.26 Å². The lowest BCUT2D eigenvalue weighted by molar-refractivity contribution is 0.108. The molecule has 0 spiro atoms. The van der Waals surface area contributed by atoms with Gasteiger partial charge in [0.1, 0.15) is 5.54 Å². The molecule has 4 heteroatoms. The number of hydrogen-bond acceptors (Lipinski definition) is 2. The summed E-state index contributed by atoms with van der Waals surface area (Å²) in [5.74, 6) is 0. The summed E-state index contributed by atoms with van der Waals surface area (Å²) in [7, 11) is 0. The van der Waals surface area contributed by atoms with Gasteiger partial charge in [-0.05, 0) is 37.8 Å². The average Bonchev–Trinajstić information content (AvgIpc) is 2.79. The molecule has 2 aliphatic heterocycles. The number of benzene rings is 1. The summed E-state index contributed by atoms with van der Waals surface area (Å²) in [6.07, 6.45) is 5.50. The van der Waals surface area contributed by atoms with Gasteiger partial charge in [-0.15, -0.1) is 0 Å². The monoisotopic (exact) mass is 294 g/mol. The van der Waals surface area contributed by atoms with Gasteiger partial charge in [-0.1, -0.05) is 35.7 Å². The number of nitrogens with zero attached hydrogens (tertiary/aromatic N) is 2. The lowest BCUT2D eigenvalue weighted by Crippen LogP contribution is -2.46. The van der Waals surface area contributed by atoms with Gasteiger partial charge in [-0.2, -0.15) is 5.26 Å². The molecular formula is C15H16Cl2N2. The van der Waals surface area contributed by atoms with Crippen LogP contribution in [-0.2, 0) is 5.54 Å². The number of hydrogen-bond donors (Lipinski definition) is 0. The summed E-state index contributed by atoms with van der Waals surface area (Å²) in [6, 6.07) is 8.55. The molecule has 2 saturated heterocycles. The molecule has 2 atom stereocenters. The molecule has 2 fully saturated rings. The van der Waals surface area contributed by atoms with E-state index >= 15 is 0 Å². The minimum Gasteiger partial charge on any atom is -0.279 e. The zero-order valence-corrected chi connectivity index (χ0v) is 12.2. The van der Waals surface area contributed by atoms with Gasteiger partial charge in [-0.3, -0.25) is 4.90 Å². The Bertz CT molecular complexity index is 517. The standard InChI is InChI=1S/C15H16Cl2N2/c16-12-5-3-6-13(17)14(12)15(10-18)8-7-11-4-1-2-9-19(11)15/h3,5-6,11H,1-2,4,7-9H2. The number of halogens is 2. The molecule has 0 radical (unpaired) electrons. The van der Waals surface area contributed by atoms with E-state index < -0.39 is 5.54 Å². The van der Waals surface area contributed by atoms with Crippen molar-refractivity contribution in [2.24, 2.45) is 0 Å². The minimum atomic E-state index is -0.624. The highest BCUT2D eigenvalue weighted by molar-refractivity contribution is 6.36. The predicted octanol–water partition coefficient (Wildman–Crippen LogP) is 4.36. The number of nitriles is 1. The van der Waals surface area contributed by atoms with Crippen molar-refractivity contribution in [2.45, 2.75) is 43.7 Å². The first kappa shape index (κ1) is 13.2. The highest BCUT2D eigenvalue weighted by Gasteiger charge is 2.50. The average molecular weight is 295 g/mol. The largest absolute Gasteiger partial charge is 0.279 e. The SMILES string of the molecule is N#CC1(c2c(Cl)cccc2Cl)CCC2CCCCN21. The summed E-state index contributed by atoms with van der Waals surface area (Å²) in [5, 5.41) is 11.1. The fourth-order valence-electron chi connectivity index (χ4n) is 3.66. The molecule has 0 aliphatic carbocycles. The molecule has 0 saturated carbocycles. The highest BCUT2D eigenvalue weighted by Crippen LogP contribution is 2.49. The Labute approximate surface area is 123 Å². The molecule has 100 valence electrons. The summed E-state index contributed by atoms with van der Waals surface area (Å²) in [4.78, 5) is 2.34. The van der Waals surface area contributed by atoms with Crippen LogP contribution in [0.3, 0.4) is 0 Å². The second-order valence-corrected chi connectivity index (χ2v) is 6.26. The fourth-order valence-corrected chi connectivity index (χ4v) is 4.37. The first-order chi connectivity index (χ1) is 9.19. The Kier molecular flexibility index (Phi) is 3.47. The van der Waals surface area contributed by atoms with Crippen molar-refractivity contribution in [2.75, 3.05) is 6.54 Å².